The topological polar surface area (TPSA) is 93.3 Å². The minimum Gasteiger partial charge on any atom is -0.335 e. The molecule has 0 amide bonds. The van der Waals surface area contributed by atoms with E-state index in [1.54, 1.807) is 75.6 Å². The fourth-order valence-electron chi connectivity index (χ4n) is 0. The van der Waals surface area contributed by atoms with Crippen LogP contribution in [0.1, 0.15) is 90.0 Å². The van der Waals surface area contributed by atoms with Crippen molar-refractivity contribution in [3.63, 3.8) is 0 Å². The second kappa shape index (κ2) is 56.2. The van der Waals surface area contributed by atoms with Gasteiger partial charge in [0.15, 0.2) is 0 Å². The number of rotatable bonds is 1. The van der Waals surface area contributed by atoms with E-state index in [1.807, 2.05) is 47.5 Å². The van der Waals surface area contributed by atoms with Crippen LogP contribution >= 0.6 is 0 Å². The van der Waals surface area contributed by atoms with Crippen molar-refractivity contribution < 1.29 is 40.7 Å². The molecule has 0 heterocycles. The third kappa shape index (κ3) is 7240. The van der Waals surface area contributed by atoms with E-state index in [-0.39, 0.29) is 24.4 Å². The number of aliphatic hydroxyl groups excluding tert-OH is 4. The largest absolute Gasteiger partial charge is 0.335 e. The molecule has 0 aliphatic carbocycles. The normalized spacial score (nSPS) is 7.96. The standard InChI is InChI=1S/4C3H8O.2C3H7.C2H5N.Ti/c4*1-3(2)4;2*1-3-2;1-2-3;/h4*3-4H,1-2H3;2*3H,1-2H3;2H2,1H3;/q;;;;2*-1;;+2. The van der Waals surface area contributed by atoms with E-state index in [9.17, 15) is 0 Å². The Morgan fingerprint density at radius 3 is 0.654 bits per heavy atom. The van der Waals surface area contributed by atoms with Crippen LogP contribution in [0.4, 0.5) is 0 Å². The van der Waals surface area contributed by atoms with E-state index in [1.165, 1.54) is 0 Å². The maximum absolute atomic E-state index is 8.06. The zero-order valence-corrected chi connectivity index (χ0v) is 21.5. The molecule has 0 rings (SSSR count). The molecule has 0 saturated heterocycles. The smallest absolute Gasteiger partial charge is 0.192 e. The Kier molecular flexibility index (Phi) is 97.8. The maximum atomic E-state index is 8.06. The van der Waals surface area contributed by atoms with Gasteiger partial charge in [0, 0.05) is 24.4 Å². The van der Waals surface area contributed by atoms with Crippen LogP contribution in [0.2, 0.25) is 0 Å². The zero-order valence-electron chi connectivity index (χ0n) is 19.9. The molecule has 0 aliphatic heterocycles. The van der Waals surface area contributed by atoms with E-state index in [4.69, 9.17) is 20.4 Å². The molecule has 6 heteroatoms. The zero-order chi connectivity index (χ0) is 23.1. The van der Waals surface area contributed by atoms with Crippen molar-refractivity contribution >= 4 is 0 Å². The van der Waals surface area contributed by atoms with Crippen molar-refractivity contribution in [2.24, 2.45) is 3.42 Å². The summed E-state index contributed by atoms with van der Waals surface area (Å²) in [5.41, 5.74) is 0. The molecule has 26 heavy (non-hydrogen) atoms. The summed E-state index contributed by atoms with van der Waals surface area (Å²) in [7, 11) is 0. The van der Waals surface area contributed by atoms with Gasteiger partial charge in [-0.2, -0.15) is 27.7 Å². The quantitative estimate of drug-likeness (QED) is 0.366. The van der Waals surface area contributed by atoms with Gasteiger partial charge >= 0.3 is 37.1 Å². The Balaban J connectivity index is -0.0000000325. The Morgan fingerprint density at radius 2 is 0.654 bits per heavy atom. The van der Waals surface area contributed by atoms with Crippen LogP contribution in [0.25, 0.3) is 0 Å². The SMILES string of the molecule is CC(C)O.CC(C)O.CC(C)O.CC(C)O.CC[N]=[Ti+2].C[CH-]C.C[CH-]C. The molecule has 4 N–H and O–H groups in total. The molecule has 0 bridgehead atoms. The maximum Gasteiger partial charge on any atom is -0.192 e. The van der Waals surface area contributed by atoms with Gasteiger partial charge in [0.1, 0.15) is 0 Å². The molecular weight excluding hydrogens is 366 g/mol. The van der Waals surface area contributed by atoms with Crippen LogP contribution in [0, 0.1) is 12.8 Å². The van der Waals surface area contributed by atoms with Crippen molar-refractivity contribution in [3.05, 3.63) is 12.8 Å². The second-order valence-electron chi connectivity index (χ2n) is 6.00. The second-order valence-corrected chi connectivity index (χ2v) is 6.50. The molecule has 0 aromatic rings. The van der Waals surface area contributed by atoms with Crippen molar-refractivity contribution in [3.8, 4) is 0 Å². The van der Waals surface area contributed by atoms with Crippen LogP contribution in [0.5, 0.6) is 0 Å². The monoisotopic (exact) mass is 417 g/mol. The third-order valence-corrected chi connectivity index (χ3v) is 0.652. The van der Waals surface area contributed by atoms with E-state index in [0.29, 0.717) is 0 Å². The van der Waals surface area contributed by atoms with Crippen LogP contribution in [0.15, 0.2) is 3.42 Å². The Morgan fingerprint density at radius 1 is 0.615 bits per heavy atom. The fourth-order valence-corrected chi connectivity index (χ4v) is 0. The van der Waals surface area contributed by atoms with Gasteiger partial charge in [0.05, 0.1) is 0 Å². The molecule has 0 aromatic heterocycles. The van der Waals surface area contributed by atoms with Crippen LogP contribution < -0.4 is 0 Å². The molecule has 5 nitrogen and oxygen atoms in total. The average molecular weight is 417 g/mol. The summed E-state index contributed by atoms with van der Waals surface area (Å²) in [4.78, 5) is 0. The Hall–Kier alpha value is 0.354. The van der Waals surface area contributed by atoms with Gasteiger partial charge < -0.3 is 33.3 Å². The number of aliphatic hydroxyl groups is 4. The van der Waals surface area contributed by atoms with Crippen LogP contribution in [-0.2, 0) is 20.3 Å². The van der Waals surface area contributed by atoms with Crippen molar-refractivity contribution in [2.75, 3.05) is 6.54 Å². The first-order valence-electron chi connectivity index (χ1n) is 9.21. The van der Waals surface area contributed by atoms with Crippen molar-refractivity contribution in [1.82, 2.24) is 0 Å². The molecule has 0 fully saturated rings. The molecule has 0 unspecified atom stereocenters. The minimum absolute atomic E-state index is 0.167. The van der Waals surface area contributed by atoms with Gasteiger partial charge in [-0.3, -0.25) is 0 Å². The van der Waals surface area contributed by atoms with Crippen molar-refractivity contribution in [2.45, 2.75) is 114 Å². The molecule has 164 valence electrons. The summed E-state index contributed by atoms with van der Waals surface area (Å²) in [6.07, 6.45) is 3.33. The first kappa shape index (κ1) is 45.2. The molecule has 0 aromatic carbocycles. The van der Waals surface area contributed by atoms with Gasteiger partial charge in [-0.15, -0.1) is 0 Å². The van der Waals surface area contributed by atoms with Gasteiger partial charge in [-0.25, -0.2) is 0 Å². The molecule has 0 saturated carbocycles. The number of hydrogen-bond donors (Lipinski definition) is 4. The Bertz CT molecular complexity index is 131. The van der Waals surface area contributed by atoms with Gasteiger partial charge in [0.25, 0.3) is 0 Å². The first-order valence-corrected chi connectivity index (χ1v) is 9.91. The van der Waals surface area contributed by atoms with Gasteiger partial charge in [0.2, 0.25) is 0 Å². The Labute approximate surface area is 177 Å². The molecule has 0 atom stereocenters. The van der Waals surface area contributed by atoms with E-state index in [2.05, 4.69) is 3.42 Å². The fraction of sp³-hybridized carbons (Fsp3) is 0.900. The van der Waals surface area contributed by atoms with Crippen LogP contribution in [-0.4, -0.2) is 51.4 Å². The van der Waals surface area contributed by atoms with E-state index in [0.717, 1.165) is 6.54 Å². The summed E-state index contributed by atoms with van der Waals surface area (Å²) in [6.45, 7) is 24.7. The molecular formula is C20H51NO4Ti. The summed E-state index contributed by atoms with van der Waals surface area (Å²) < 4.78 is 3.74. The summed E-state index contributed by atoms with van der Waals surface area (Å²) >= 11 is 1.81. The number of hydrogen-bond acceptors (Lipinski definition) is 5. The average Bonchev–Trinajstić information content (AvgIpc) is 2.37. The summed E-state index contributed by atoms with van der Waals surface area (Å²) in [6, 6.07) is 0. The first-order chi connectivity index (χ1) is 11.7. The minimum atomic E-state index is -0.167. The molecule has 0 aliphatic rings. The van der Waals surface area contributed by atoms with Crippen molar-refractivity contribution in [1.29, 1.82) is 0 Å². The van der Waals surface area contributed by atoms with Gasteiger partial charge in [-0.1, -0.05) is 0 Å². The van der Waals surface area contributed by atoms with E-state index < -0.39 is 0 Å². The molecule has 0 radical (unpaired) electrons. The molecule has 0 spiro atoms. The third-order valence-electron chi connectivity index (χ3n) is 0.158. The van der Waals surface area contributed by atoms with Gasteiger partial charge in [-0.05, 0) is 55.4 Å². The number of nitrogens with zero attached hydrogens (tertiary/aromatic N) is 1. The van der Waals surface area contributed by atoms with E-state index >= 15 is 0 Å². The summed E-state index contributed by atoms with van der Waals surface area (Å²) in [5.74, 6) is 0. The van der Waals surface area contributed by atoms with Crippen LogP contribution in [0.3, 0.4) is 0 Å². The summed E-state index contributed by atoms with van der Waals surface area (Å²) in [5, 5.41) is 32.2. The predicted molar refractivity (Wildman–Crippen MR) is 114 cm³/mol. The predicted octanol–water partition coefficient (Wildman–Crippen LogP) is 4.75.